The van der Waals surface area contributed by atoms with Gasteiger partial charge in [0.15, 0.2) is 0 Å². The van der Waals surface area contributed by atoms with Crippen molar-refractivity contribution in [3.63, 3.8) is 0 Å². The van der Waals surface area contributed by atoms with Gasteiger partial charge in [0.2, 0.25) is 0 Å². The van der Waals surface area contributed by atoms with Gasteiger partial charge < -0.3 is 4.57 Å². The third-order valence-corrected chi connectivity index (χ3v) is 6.17. The Bertz CT molecular complexity index is 1090. The molecule has 148 valence electrons. The SMILES string of the molecule is CC(C)Cc1ccc(C(C)c2nc3ccccc3n2Cc2ccc(I)cc2)cc1. The summed E-state index contributed by atoms with van der Waals surface area (Å²) in [5, 5.41) is 0. The summed E-state index contributed by atoms with van der Waals surface area (Å²) >= 11 is 2.36. The molecule has 0 saturated carbocycles. The summed E-state index contributed by atoms with van der Waals surface area (Å²) in [6.07, 6.45) is 1.12. The van der Waals surface area contributed by atoms with Gasteiger partial charge in [-0.3, -0.25) is 0 Å². The molecule has 3 heteroatoms. The van der Waals surface area contributed by atoms with E-state index in [-0.39, 0.29) is 5.92 Å². The van der Waals surface area contributed by atoms with Gasteiger partial charge in [-0.1, -0.05) is 69.3 Å². The number of fused-ring (bicyclic) bond motifs is 1. The Hall–Kier alpha value is -2.14. The molecule has 29 heavy (non-hydrogen) atoms. The van der Waals surface area contributed by atoms with Gasteiger partial charge in [0.05, 0.1) is 11.0 Å². The number of imidazole rings is 1. The number of para-hydroxylation sites is 2. The van der Waals surface area contributed by atoms with Crippen molar-refractivity contribution in [1.82, 2.24) is 9.55 Å². The molecule has 0 radical (unpaired) electrons. The highest BCUT2D eigenvalue weighted by molar-refractivity contribution is 14.1. The van der Waals surface area contributed by atoms with Crippen LogP contribution in [0.25, 0.3) is 11.0 Å². The van der Waals surface area contributed by atoms with Crippen LogP contribution in [0.4, 0.5) is 0 Å². The molecule has 2 nitrogen and oxygen atoms in total. The van der Waals surface area contributed by atoms with E-state index in [2.05, 4.69) is 121 Å². The van der Waals surface area contributed by atoms with E-state index in [1.807, 2.05) is 0 Å². The van der Waals surface area contributed by atoms with Crippen molar-refractivity contribution < 1.29 is 0 Å². The lowest BCUT2D eigenvalue weighted by atomic mass is 9.96. The summed E-state index contributed by atoms with van der Waals surface area (Å²) in [5.41, 5.74) is 6.29. The zero-order chi connectivity index (χ0) is 20.4. The zero-order valence-corrected chi connectivity index (χ0v) is 19.4. The first-order valence-electron chi connectivity index (χ1n) is 10.3. The number of benzene rings is 3. The van der Waals surface area contributed by atoms with E-state index < -0.39 is 0 Å². The van der Waals surface area contributed by atoms with Gasteiger partial charge in [-0.05, 0) is 75.9 Å². The van der Waals surface area contributed by atoms with Crippen LogP contribution in [0.5, 0.6) is 0 Å². The fourth-order valence-corrected chi connectivity index (χ4v) is 4.29. The molecule has 1 heterocycles. The molecule has 4 aromatic rings. The fraction of sp³-hybridized carbons (Fsp3) is 0.269. The lowest BCUT2D eigenvalue weighted by molar-refractivity contribution is 0.646. The second-order valence-electron chi connectivity index (χ2n) is 8.23. The van der Waals surface area contributed by atoms with Crippen LogP contribution in [0.2, 0.25) is 0 Å². The predicted octanol–water partition coefficient (Wildman–Crippen LogP) is 7.04. The molecule has 4 rings (SSSR count). The molecule has 0 saturated heterocycles. The Morgan fingerprint density at radius 2 is 1.48 bits per heavy atom. The maximum atomic E-state index is 5.03. The summed E-state index contributed by atoms with van der Waals surface area (Å²) in [6, 6.07) is 26.3. The fourth-order valence-electron chi connectivity index (χ4n) is 3.93. The topological polar surface area (TPSA) is 17.8 Å². The molecule has 0 amide bonds. The van der Waals surface area contributed by atoms with Crippen molar-refractivity contribution in [2.75, 3.05) is 0 Å². The second-order valence-corrected chi connectivity index (χ2v) is 9.48. The maximum absolute atomic E-state index is 5.03. The van der Waals surface area contributed by atoms with E-state index in [1.165, 1.54) is 25.8 Å². The van der Waals surface area contributed by atoms with E-state index in [0.717, 1.165) is 24.3 Å². The third kappa shape index (κ3) is 4.55. The summed E-state index contributed by atoms with van der Waals surface area (Å²) in [5.74, 6) is 2.04. The Balaban J connectivity index is 1.71. The van der Waals surface area contributed by atoms with Gasteiger partial charge in [-0.2, -0.15) is 0 Å². The van der Waals surface area contributed by atoms with Crippen LogP contribution < -0.4 is 0 Å². The standard InChI is InChI=1S/C26H27IN2/c1-18(2)16-20-8-12-22(13-9-20)19(3)26-28-24-6-4-5-7-25(24)29(26)17-21-10-14-23(27)15-11-21/h4-15,18-19H,16-17H2,1-3H3. The van der Waals surface area contributed by atoms with E-state index in [1.54, 1.807) is 0 Å². The average molecular weight is 494 g/mol. The first-order valence-corrected chi connectivity index (χ1v) is 11.4. The highest BCUT2D eigenvalue weighted by atomic mass is 127. The first-order chi connectivity index (χ1) is 14.0. The zero-order valence-electron chi connectivity index (χ0n) is 17.3. The Morgan fingerprint density at radius 1 is 0.828 bits per heavy atom. The van der Waals surface area contributed by atoms with Crippen LogP contribution in [-0.2, 0) is 13.0 Å². The molecular formula is C26H27IN2. The summed E-state index contributed by atoms with van der Waals surface area (Å²) < 4.78 is 3.64. The number of hydrogen-bond acceptors (Lipinski definition) is 1. The van der Waals surface area contributed by atoms with Gasteiger partial charge in [-0.25, -0.2) is 4.98 Å². The predicted molar refractivity (Wildman–Crippen MR) is 130 cm³/mol. The van der Waals surface area contributed by atoms with Crippen LogP contribution in [0.1, 0.15) is 49.2 Å². The molecule has 1 aromatic heterocycles. The van der Waals surface area contributed by atoms with Crippen LogP contribution in [-0.4, -0.2) is 9.55 Å². The summed E-state index contributed by atoms with van der Waals surface area (Å²) in [4.78, 5) is 5.03. The lowest BCUT2D eigenvalue weighted by Gasteiger charge is -2.16. The van der Waals surface area contributed by atoms with E-state index in [9.17, 15) is 0 Å². The normalized spacial score (nSPS) is 12.6. The molecule has 3 aromatic carbocycles. The van der Waals surface area contributed by atoms with Crippen molar-refractivity contribution in [3.05, 3.63) is 98.9 Å². The van der Waals surface area contributed by atoms with Crippen molar-refractivity contribution in [3.8, 4) is 0 Å². The maximum Gasteiger partial charge on any atom is 0.117 e. The van der Waals surface area contributed by atoms with Crippen LogP contribution in [0.15, 0.2) is 72.8 Å². The summed E-state index contributed by atoms with van der Waals surface area (Å²) in [7, 11) is 0. The van der Waals surface area contributed by atoms with E-state index in [0.29, 0.717) is 5.92 Å². The molecule has 1 atom stereocenters. The molecule has 0 aliphatic heterocycles. The highest BCUT2D eigenvalue weighted by Gasteiger charge is 2.18. The minimum Gasteiger partial charge on any atom is -0.323 e. The van der Waals surface area contributed by atoms with Gasteiger partial charge in [0.25, 0.3) is 0 Å². The molecule has 0 aliphatic carbocycles. The van der Waals surface area contributed by atoms with E-state index >= 15 is 0 Å². The summed E-state index contributed by atoms with van der Waals surface area (Å²) in [6.45, 7) is 7.64. The Labute approximate surface area is 187 Å². The van der Waals surface area contributed by atoms with E-state index in [4.69, 9.17) is 4.98 Å². The van der Waals surface area contributed by atoms with Crippen LogP contribution in [0.3, 0.4) is 0 Å². The molecule has 1 unspecified atom stereocenters. The van der Waals surface area contributed by atoms with Gasteiger partial charge >= 0.3 is 0 Å². The Kier molecular flexibility index (Phi) is 6.04. The number of nitrogens with zero attached hydrogens (tertiary/aromatic N) is 2. The third-order valence-electron chi connectivity index (χ3n) is 5.45. The molecular weight excluding hydrogens is 467 g/mol. The number of aromatic nitrogens is 2. The van der Waals surface area contributed by atoms with Crippen molar-refractivity contribution >= 4 is 33.6 Å². The van der Waals surface area contributed by atoms with Crippen molar-refractivity contribution in [2.45, 2.75) is 39.7 Å². The van der Waals surface area contributed by atoms with Gasteiger partial charge in [-0.15, -0.1) is 0 Å². The number of rotatable bonds is 6. The molecule has 0 bridgehead atoms. The molecule has 0 spiro atoms. The average Bonchev–Trinajstić information content (AvgIpc) is 3.08. The second kappa shape index (κ2) is 8.70. The minimum atomic E-state index is 0.236. The van der Waals surface area contributed by atoms with Crippen LogP contribution in [0, 0.1) is 9.49 Å². The van der Waals surface area contributed by atoms with Gasteiger partial charge in [0.1, 0.15) is 5.82 Å². The smallest absolute Gasteiger partial charge is 0.117 e. The first kappa shape index (κ1) is 20.1. The van der Waals surface area contributed by atoms with Gasteiger partial charge in [0, 0.05) is 16.0 Å². The number of halogens is 1. The monoisotopic (exact) mass is 494 g/mol. The van der Waals surface area contributed by atoms with Crippen molar-refractivity contribution in [2.24, 2.45) is 5.92 Å². The quantitative estimate of drug-likeness (QED) is 0.263. The number of hydrogen-bond donors (Lipinski definition) is 0. The molecule has 0 fully saturated rings. The minimum absolute atomic E-state index is 0.236. The Morgan fingerprint density at radius 3 is 2.17 bits per heavy atom. The highest BCUT2D eigenvalue weighted by Crippen LogP contribution is 2.28. The molecule has 0 N–H and O–H groups in total. The van der Waals surface area contributed by atoms with Crippen molar-refractivity contribution in [1.29, 1.82) is 0 Å². The lowest BCUT2D eigenvalue weighted by Crippen LogP contribution is -2.09. The molecule has 0 aliphatic rings. The largest absolute Gasteiger partial charge is 0.323 e. The van der Waals surface area contributed by atoms with Crippen LogP contribution >= 0.6 is 22.6 Å².